The van der Waals surface area contributed by atoms with Gasteiger partial charge in [-0.15, -0.1) is 0 Å². The Morgan fingerprint density at radius 2 is 1.73 bits per heavy atom. The van der Waals surface area contributed by atoms with Crippen LogP contribution >= 0.6 is 0 Å². The molecule has 0 heterocycles. The van der Waals surface area contributed by atoms with Gasteiger partial charge in [-0.25, -0.2) is 0 Å². The van der Waals surface area contributed by atoms with Crippen LogP contribution in [0.25, 0.3) is 0 Å². The van der Waals surface area contributed by atoms with Crippen LogP contribution in [0.15, 0.2) is 11.6 Å². The van der Waals surface area contributed by atoms with Gasteiger partial charge in [-0.2, -0.15) is 0 Å². The topological polar surface area (TPSA) is 0 Å². The van der Waals surface area contributed by atoms with Gasteiger partial charge in [-0.1, -0.05) is 31.4 Å². The van der Waals surface area contributed by atoms with Crippen molar-refractivity contribution in [1.82, 2.24) is 0 Å². The second kappa shape index (κ2) is 3.94. The minimum atomic E-state index is 0.913. The van der Waals surface area contributed by atoms with Crippen LogP contribution in [0.4, 0.5) is 0 Å². The van der Waals surface area contributed by atoms with E-state index >= 15 is 0 Å². The van der Waals surface area contributed by atoms with Crippen molar-refractivity contribution in [3.05, 3.63) is 11.6 Å². The van der Waals surface area contributed by atoms with E-state index in [0.717, 1.165) is 11.8 Å². The molecule has 0 aliphatic heterocycles. The summed E-state index contributed by atoms with van der Waals surface area (Å²) < 4.78 is 0. The molecule has 0 nitrogen and oxygen atoms in total. The first-order chi connectivity index (χ1) is 5.24. The maximum Gasteiger partial charge on any atom is -0.0206 e. The molecule has 0 radical (unpaired) electrons. The molecule has 64 valence electrons. The Kier molecular flexibility index (Phi) is 3.16. The highest BCUT2D eigenvalue weighted by Crippen LogP contribution is 2.32. The Labute approximate surface area is 70.7 Å². The normalized spacial score (nSPS) is 33.9. The third-order valence-corrected chi connectivity index (χ3v) is 3.12. The monoisotopic (exact) mass is 152 g/mol. The SMILES string of the molecule is C/C=C(/C)C1CCC(C)CC1. The van der Waals surface area contributed by atoms with Gasteiger partial charge in [-0.3, -0.25) is 0 Å². The van der Waals surface area contributed by atoms with Gasteiger partial charge in [-0.05, 0) is 38.5 Å². The van der Waals surface area contributed by atoms with Crippen molar-refractivity contribution in [3.8, 4) is 0 Å². The fraction of sp³-hybridized carbons (Fsp3) is 0.818. The van der Waals surface area contributed by atoms with E-state index in [1.54, 1.807) is 5.57 Å². The zero-order chi connectivity index (χ0) is 8.27. The maximum absolute atomic E-state index is 2.38. The molecule has 0 spiro atoms. The third kappa shape index (κ3) is 2.36. The fourth-order valence-corrected chi connectivity index (χ4v) is 1.95. The van der Waals surface area contributed by atoms with Crippen LogP contribution in [-0.2, 0) is 0 Å². The third-order valence-electron chi connectivity index (χ3n) is 3.12. The molecule has 1 rings (SSSR count). The first-order valence-corrected chi connectivity index (χ1v) is 4.87. The average molecular weight is 152 g/mol. The lowest BCUT2D eigenvalue weighted by Gasteiger charge is -2.26. The van der Waals surface area contributed by atoms with E-state index in [1.807, 2.05) is 0 Å². The molecule has 0 amide bonds. The van der Waals surface area contributed by atoms with Crippen LogP contribution in [0.3, 0.4) is 0 Å². The molecule has 0 aromatic carbocycles. The number of rotatable bonds is 1. The van der Waals surface area contributed by atoms with E-state index in [0.29, 0.717) is 0 Å². The van der Waals surface area contributed by atoms with Crippen LogP contribution in [0.2, 0.25) is 0 Å². The molecule has 11 heavy (non-hydrogen) atoms. The molecule has 0 atom stereocenters. The van der Waals surface area contributed by atoms with Gasteiger partial charge in [0.15, 0.2) is 0 Å². The average Bonchev–Trinajstić information content (AvgIpc) is 2.05. The predicted octanol–water partition coefficient (Wildman–Crippen LogP) is 3.78. The Balaban J connectivity index is 2.39. The molecule has 0 heteroatoms. The summed E-state index contributed by atoms with van der Waals surface area (Å²) in [6.07, 6.45) is 8.01. The summed E-state index contributed by atoms with van der Waals surface area (Å²) in [5.41, 5.74) is 1.61. The molecule has 0 bridgehead atoms. The summed E-state index contributed by atoms with van der Waals surface area (Å²) in [5.74, 6) is 1.90. The van der Waals surface area contributed by atoms with Gasteiger partial charge in [0.25, 0.3) is 0 Å². The second-order valence-electron chi connectivity index (χ2n) is 3.99. The van der Waals surface area contributed by atoms with Crippen molar-refractivity contribution in [3.63, 3.8) is 0 Å². The van der Waals surface area contributed by atoms with Gasteiger partial charge in [0.2, 0.25) is 0 Å². The summed E-state index contributed by atoms with van der Waals surface area (Å²) in [4.78, 5) is 0. The number of allylic oxidation sites excluding steroid dienone is 2. The lowest BCUT2D eigenvalue weighted by atomic mass is 9.79. The summed E-state index contributed by atoms with van der Waals surface area (Å²) in [5, 5.41) is 0. The summed E-state index contributed by atoms with van der Waals surface area (Å²) in [6.45, 7) is 6.81. The standard InChI is InChI=1S/C11H20/c1-4-10(3)11-7-5-9(2)6-8-11/h4,9,11H,5-8H2,1-3H3/b10-4-. The molecule has 0 unspecified atom stereocenters. The van der Waals surface area contributed by atoms with E-state index in [9.17, 15) is 0 Å². The lowest BCUT2D eigenvalue weighted by Crippen LogP contribution is -2.12. The minimum absolute atomic E-state index is 0.913. The van der Waals surface area contributed by atoms with E-state index in [1.165, 1.54) is 25.7 Å². The molecule has 0 saturated heterocycles. The molecule has 1 saturated carbocycles. The summed E-state index contributed by atoms with van der Waals surface area (Å²) in [7, 11) is 0. The van der Waals surface area contributed by atoms with Crippen molar-refractivity contribution in [2.75, 3.05) is 0 Å². The smallest absolute Gasteiger partial charge is 0.0206 e. The van der Waals surface area contributed by atoms with Gasteiger partial charge in [0.1, 0.15) is 0 Å². The highest BCUT2D eigenvalue weighted by Gasteiger charge is 2.18. The lowest BCUT2D eigenvalue weighted by molar-refractivity contribution is 0.320. The van der Waals surface area contributed by atoms with Crippen molar-refractivity contribution in [2.24, 2.45) is 11.8 Å². The number of hydrogen-bond donors (Lipinski definition) is 0. The highest BCUT2D eigenvalue weighted by molar-refractivity contribution is 5.02. The van der Waals surface area contributed by atoms with E-state index in [4.69, 9.17) is 0 Å². The van der Waals surface area contributed by atoms with Crippen LogP contribution in [0, 0.1) is 11.8 Å². The van der Waals surface area contributed by atoms with Gasteiger partial charge in [0.05, 0.1) is 0 Å². The Morgan fingerprint density at radius 1 is 1.18 bits per heavy atom. The van der Waals surface area contributed by atoms with Gasteiger partial charge in [0, 0.05) is 0 Å². The zero-order valence-corrected chi connectivity index (χ0v) is 8.06. The molecule has 0 aromatic rings. The Hall–Kier alpha value is -0.260. The first-order valence-electron chi connectivity index (χ1n) is 4.87. The quantitative estimate of drug-likeness (QED) is 0.502. The van der Waals surface area contributed by atoms with Crippen molar-refractivity contribution in [2.45, 2.75) is 46.5 Å². The fourth-order valence-electron chi connectivity index (χ4n) is 1.95. The Bertz CT molecular complexity index is 136. The minimum Gasteiger partial charge on any atom is -0.0885 e. The van der Waals surface area contributed by atoms with E-state index in [-0.39, 0.29) is 0 Å². The molecular weight excluding hydrogens is 132 g/mol. The molecule has 0 N–H and O–H groups in total. The molecule has 1 fully saturated rings. The largest absolute Gasteiger partial charge is 0.0885 e. The van der Waals surface area contributed by atoms with E-state index in [2.05, 4.69) is 26.8 Å². The Morgan fingerprint density at radius 3 is 2.18 bits per heavy atom. The predicted molar refractivity (Wildman–Crippen MR) is 50.6 cm³/mol. The molecular formula is C11H20. The van der Waals surface area contributed by atoms with Gasteiger partial charge < -0.3 is 0 Å². The molecule has 1 aliphatic rings. The molecule has 1 aliphatic carbocycles. The van der Waals surface area contributed by atoms with Crippen molar-refractivity contribution >= 4 is 0 Å². The van der Waals surface area contributed by atoms with E-state index < -0.39 is 0 Å². The zero-order valence-electron chi connectivity index (χ0n) is 8.06. The van der Waals surface area contributed by atoms with Crippen LogP contribution in [-0.4, -0.2) is 0 Å². The van der Waals surface area contributed by atoms with Crippen molar-refractivity contribution in [1.29, 1.82) is 0 Å². The van der Waals surface area contributed by atoms with Crippen LogP contribution < -0.4 is 0 Å². The maximum atomic E-state index is 2.38. The highest BCUT2D eigenvalue weighted by atomic mass is 14.2. The molecule has 0 aromatic heterocycles. The summed E-state index contributed by atoms with van der Waals surface area (Å²) >= 11 is 0. The van der Waals surface area contributed by atoms with Crippen molar-refractivity contribution < 1.29 is 0 Å². The first kappa shape index (κ1) is 8.83. The van der Waals surface area contributed by atoms with Crippen LogP contribution in [0.1, 0.15) is 46.5 Å². The summed E-state index contributed by atoms with van der Waals surface area (Å²) in [6, 6.07) is 0. The number of hydrogen-bond acceptors (Lipinski definition) is 0. The van der Waals surface area contributed by atoms with Gasteiger partial charge >= 0.3 is 0 Å². The van der Waals surface area contributed by atoms with Crippen LogP contribution in [0.5, 0.6) is 0 Å². The second-order valence-corrected chi connectivity index (χ2v) is 3.99.